The molecule has 5 nitrogen and oxygen atoms in total. The Bertz CT molecular complexity index is 623. The van der Waals surface area contributed by atoms with Crippen LogP contribution in [-0.4, -0.2) is 15.0 Å². The molecule has 0 aliphatic carbocycles. The lowest BCUT2D eigenvalue weighted by Crippen LogP contribution is -1.97. The lowest BCUT2D eigenvalue weighted by atomic mass is 10.1. The van der Waals surface area contributed by atoms with E-state index >= 15 is 0 Å². The van der Waals surface area contributed by atoms with Crippen LogP contribution >= 0.6 is 0 Å². The molecule has 0 aliphatic heterocycles. The average Bonchev–Trinajstić information content (AvgIpc) is 2.93. The first-order valence-electron chi connectivity index (χ1n) is 5.47. The summed E-state index contributed by atoms with van der Waals surface area (Å²) in [7, 11) is 0. The van der Waals surface area contributed by atoms with Crippen molar-refractivity contribution in [3.05, 3.63) is 55.1 Å². The number of benzene rings is 1. The zero-order valence-corrected chi connectivity index (χ0v) is 9.45. The van der Waals surface area contributed by atoms with E-state index in [1.807, 2.05) is 36.4 Å². The van der Waals surface area contributed by atoms with Crippen molar-refractivity contribution in [2.45, 2.75) is 0 Å². The van der Waals surface area contributed by atoms with Gasteiger partial charge in [0.25, 0.3) is 0 Å². The van der Waals surface area contributed by atoms with Gasteiger partial charge >= 0.3 is 6.01 Å². The Kier molecular flexibility index (Phi) is 2.71. The Morgan fingerprint density at radius 1 is 0.944 bits per heavy atom. The maximum atomic E-state index is 5.08. The molecule has 0 aliphatic rings. The fourth-order valence-electron chi connectivity index (χ4n) is 1.57. The molecule has 0 spiro atoms. The molecule has 3 aromatic rings. The minimum absolute atomic E-state index is 0.375. The normalized spacial score (nSPS) is 10.2. The molecule has 0 amide bonds. The van der Waals surface area contributed by atoms with Crippen LogP contribution < -0.4 is 5.32 Å². The summed E-state index contributed by atoms with van der Waals surface area (Å²) in [5.74, 6) is 0.457. The van der Waals surface area contributed by atoms with Crippen molar-refractivity contribution in [3.63, 3.8) is 0 Å². The topological polar surface area (TPSA) is 63.8 Å². The highest BCUT2D eigenvalue weighted by Crippen LogP contribution is 2.18. The monoisotopic (exact) mass is 238 g/mol. The fourth-order valence-corrected chi connectivity index (χ4v) is 1.57. The van der Waals surface area contributed by atoms with Gasteiger partial charge in [0.2, 0.25) is 5.95 Å². The van der Waals surface area contributed by atoms with Crippen LogP contribution in [0.5, 0.6) is 0 Å². The van der Waals surface area contributed by atoms with E-state index in [0.29, 0.717) is 12.0 Å². The molecule has 18 heavy (non-hydrogen) atoms. The van der Waals surface area contributed by atoms with E-state index in [0.717, 1.165) is 11.3 Å². The number of anilines is 2. The second kappa shape index (κ2) is 4.67. The molecular weight excluding hydrogens is 228 g/mol. The number of nitrogens with one attached hydrogen (secondary N) is 1. The Morgan fingerprint density at radius 3 is 2.61 bits per heavy atom. The summed E-state index contributed by atoms with van der Waals surface area (Å²) in [5, 5.41) is 2.89. The van der Waals surface area contributed by atoms with E-state index in [-0.39, 0.29) is 0 Å². The van der Waals surface area contributed by atoms with Crippen LogP contribution in [0.2, 0.25) is 0 Å². The van der Waals surface area contributed by atoms with E-state index in [1.165, 1.54) is 6.26 Å². The number of rotatable bonds is 3. The van der Waals surface area contributed by atoms with Gasteiger partial charge in [-0.15, -0.1) is 0 Å². The third-order valence-electron chi connectivity index (χ3n) is 2.38. The van der Waals surface area contributed by atoms with Gasteiger partial charge in [-0.1, -0.05) is 30.3 Å². The van der Waals surface area contributed by atoms with Gasteiger partial charge in [-0.05, 0) is 6.07 Å². The quantitative estimate of drug-likeness (QED) is 0.760. The fraction of sp³-hybridized carbons (Fsp3) is 0. The Hall–Kier alpha value is -2.69. The summed E-state index contributed by atoms with van der Waals surface area (Å²) >= 11 is 0. The number of oxazole rings is 1. The molecule has 5 heteroatoms. The zero-order valence-electron chi connectivity index (χ0n) is 9.45. The second-order valence-corrected chi connectivity index (χ2v) is 3.59. The molecule has 0 fully saturated rings. The van der Waals surface area contributed by atoms with Gasteiger partial charge in [0, 0.05) is 11.8 Å². The SMILES string of the molecule is c1ccc(-c2ccnc(Nc3ncco3)n2)cc1. The number of hydrogen-bond donors (Lipinski definition) is 1. The van der Waals surface area contributed by atoms with Gasteiger partial charge < -0.3 is 4.42 Å². The molecule has 2 aromatic heterocycles. The lowest BCUT2D eigenvalue weighted by molar-refractivity contribution is 0.577. The van der Waals surface area contributed by atoms with Crippen LogP contribution in [-0.2, 0) is 0 Å². The van der Waals surface area contributed by atoms with Crippen molar-refractivity contribution in [2.75, 3.05) is 5.32 Å². The molecule has 1 aromatic carbocycles. The average molecular weight is 238 g/mol. The van der Waals surface area contributed by atoms with Crippen LogP contribution in [0.4, 0.5) is 12.0 Å². The summed E-state index contributed by atoms with van der Waals surface area (Å²) < 4.78 is 5.08. The smallest absolute Gasteiger partial charge is 0.301 e. The molecule has 88 valence electrons. The molecule has 0 bridgehead atoms. The highest BCUT2D eigenvalue weighted by molar-refractivity contribution is 5.60. The van der Waals surface area contributed by atoms with Gasteiger partial charge in [0.1, 0.15) is 6.26 Å². The number of nitrogens with zero attached hydrogens (tertiary/aromatic N) is 3. The molecule has 0 unspecified atom stereocenters. The number of aromatic nitrogens is 3. The molecule has 0 atom stereocenters. The van der Waals surface area contributed by atoms with Crippen molar-refractivity contribution >= 4 is 12.0 Å². The molecule has 2 heterocycles. The van der Waals surface area contributed by atoms with Crippen molar-refractivity contribution < 1.29 is 4.42 Å². The van der Waals surface area contributed by atoms with Crippen molar-refractivity contribution in [3.8, 4) is 11.3 Å². The van der Waals surface area contributed by atoms with Crippen LogP contribution in [0.25, 0.3) is 11.3 Å². The van der Waals surface area contributed by atoms with Crippen LogP contribution in [0.1, 0.15) is 0 Å². The third-order valence-corrected chi connectivity index (χ3v) is 2.38. The van der Waals surface area contributed by atoms with Gasteiger partial charge in [-0.25, -0.2) is 15.0 Å². The molecule has 0 saturated heterocycles. The first kappa shape index (κ1) is 10.5. The zero-order chi connectivity index (χ0) is 12.2. The van der Waals surface area contributed by atoms with Gasteiger partial charge in [0.15, 0.2) is 0 Å². The Labute approximate surface area is 104 Å². The van der Waals surface area contributed by atoms with Crippen LogP contribution in [0.15, 0.2) is 59.5 Å². The molecule has 1 N–H and O–H groups in total. The summed E-state index contributed by atoms with van der Waals surface area (Å²) in [6, 6.07) is 12.1. The summed E-state index contributed by atoms with van der Waals surface area (Å²) in [6.07, 6.45) is 4.74. The Morgan fingerprint density at radius 2 is 1.83 bits per heavy atom. The van der Waals surface area contributed by atoms with Gasteiger partial charge in [-0.3, -0.25) is 5.32 Å². The maximum absolute atomic E-state index is 5.08. The first-order valence-corrected chi connectivity index (χ1v) is 5.47. The third kappa shape index (κ3) is 2.20. The first-order chi connectivity index (χ1) is 8.92. The van der Waals surface area contributed by atoms with E-state index in [2.05, 4.69) is 20.3 Å². The molecule has 0 saturated carbocycles. The van der Waals surface area contributed by atoms with E-state index in [9.17, 15) is 0 Å². The summed E-state index contributed by atoms with van der Waals surface area (Å²) in [5.41, 5.74) is 1.88. The van der Waals surface area contributed by atoms with Crippen molar-refractivity contribution in [1.29, 1.82) is 0 Å². The summed E-state index contributed by atoms with van der Waals surface area (Å²) in [4.78, 5) is 12.5. The van der Waals surface area contributed by atoms with E-state index in [4.69, 9.17) is 4.42 Å². The second-order valence-electron chi connectivity index (χ2n) is 3.59. The van der Waals surface area contributed by atoms with Crippen molar-refractivity contribution in [1.82, 2.24) is 15.0 Å². The maximum Gasteiger partial charge on any atom is 0.301 e. The predicted octanol–water partition coefficient (Wildman–Crippen LogP) is 2.88. The van der Waals surface area contributed by atoms with Gasteiger partial charge in [-0.2, -0.15) is 0 Å². The minimum atomic E-state index is 0.375. The minimum Gasteiger partial charge on any atom is -0.432 e. The Balaban J connectivity index is 1.90. The highest BCUT2D eigenvalue weighted by Gasteiger charge is 2.03. The van der Waals surface area contributed by atoms with Gasteiger partial charge in [0.05, 0.1) is 11.9 Å². The van der Waals surface area contributed by atoms with Crippen LogP contribution in [0, 0.1) is 0 Å². The molecular formula is C13H10N4O. The highest BCUT2D eigenvalue weighted by atomic mass is 16.4. The van der Waals surface area contributed by atoms with Crippen LogP contribution in [0.3, 0.4) is 0 Å². The van der Waals surface area contributed by atoms with Crippen molar-refractivity contribution in [2.24, 2.45) is 0 Å². The predicted molar refractivity (Wildman–Crippen MR) is 67.3 cm³/mol. The molecule has 0 radical (unpaired) electrons. The summed E-state index contributed by atoms with van der Waals surface area (Å²) in [6.45, 7) is 0. The standard InChI is InChI=1S/C13H10N4O/c1-2-4-10(5-3-1)11-6-7-14-12(16-11)17-13-15-8-9-18-13/h1-9H,(H,14,15,16,17). The molecule has 3 rings (SSSR count). The number of hydrogen-bond acceptors (Lipinski definition) is 5. The largest absolute Gasteiger partial charge is 0.432 e. The van der Waals surface area contributed by atoms with E-state index < -0.39 is 0 Å². The lowest BCUT2D eigenvalue weighted by Gasteiger charge is -2.03. The van der Waals surface area contributed by atoms with E-state index in [1.54, 1.807) is 12.4 Å².